The van der Waals surface area contributed by atoms with E-state index in [1.54, 1.807) is 11.3 Å². The van der Waals surface area contributed by atoms with E-state index < -0.39 is 11.7 Å². The second-order valence-electron chi connectivity index (χ2n) is 3.75. The van der Waals surface area contributed by atoms with E-state index in [0.717, 1.165) is 6.42 Å². The maximum Gasteiger partial charge on any atom is 0.254 e. The molecule has 0 radical (unpaired) electrons. The molecule has 0 saturated heterocycles. The maximum atomic E-state index is 13.4. The van der Waals surface area contributed by atoms with Gasteiger partial charge in [-0.05, 0) is 36.1 Å². The van der Waals surface area contributed by atoms with Crippen LogP contribution in [0.5, 0.6) is 0 Å². The van der Waals surface area contributed by atoms with Gasteiger partial charge in [0.1, 0.15) is 5.82 Å². The predicted molar refractivity (Wildman–Crippen MR) is 74.0 cm³/mol. The van der Waals surface area contributed by atoms with E-state index in [1.807, 2.05) is 17.5 Å². The minimum absolute atomic E-state index is 0.0358. The lowest BCUT2D eigenvalue weighted by Gasteiger charge is -2.06. The zero-order valence-corrected chi connectivity index (χ0v) is 11.2. The SMILES string of the molecule is O=C(NCCc1cccs1)c1cc(S)ccc1F. The quantitative estimate of drug-likeness (QED) is 0.828. The summed E-state index contributed by atoms with van der Waals surface area (Å²) in [7, 11) is 0. The van der Waals surface area contributed by atoms with Crippen LogP contribution in [-0.4, -0.2) is 12.5 Å². The Morgan fingerprint density at radius 2 is 2.22 bits per heavy atom. The van der Waals surface area contributed by atoms with Gasteiger partial charge in [-0.1, -0.05) is 6.07 Å². The third-order valence-corrected chi connectivity index (χ3v) is 3.65. The highest BCUT2D eigenvalue weighted by Gasteiger charge is 2.11. The van der Waals surface area contributed by atoms with Gasteiger partial charge in [-0.3, -0.25) is 4.79 Å². The summed E-state index contributed by atoms with van der Waals surface area (Å²) in [6.07, 6.45) is 0.756. The molecule has 18 heavy (non-hydrogen) atoms. The zero-order valence-electron chi connectivity index (χ0n) is 9.52. The molecule has 5 heteroatoms. The second-order valence-corrected chi connectivity index (χ2v) is 5.30. The molecular formula is C13H12FNOS2. The van der Waals surface area contributed by atoms with Gasteiger partial charge in [0.25, 0.3) is 5.91 Å². The molecule has 2 rings (SSSR count). The van der Waals surface area contributed by atoms with Crippen LogP contribution >= 0.6 is 24.0 Å². The molecule has 0 saturated carbocycles. The highest BCUT2D eigenvalue weighted by Crippen LogP contribution is 2.13. The largest absolute Gasteiger partial charge is 0.352 e. The molecule has 2 aromatic rings. The molecule has 0 aliphatic carbocycles. The van der Waals surface area contributed by atoms with Crippen LogP contribution in [0.3, 0.4) is 0 Å². The Bertz CT molecular complexity index is 540. The summed E-state index contributed by atoms with van der Waals surface area (Å²) in [5, 5.41) is 4.69. The molecule has 1 amide bonds. The van der Waals surface area contributed by atoms with Crippen LogP contribution in [0, 0.1) is 5.82 Å². The van der Waals surface area contributed by atoms with Crippen molar-refractivity contribution in [1.29, 1.82) is 0 Å². The maximum absolute atomic E-state index is 13.4. The number of amides is 1. The Hall–Kier alpha value is -1.33. The first kappa shape index (κ1) is 13.1. The molecule has 1 aromatic heterocycles. The van der Waals surface area contributed by atoms with Gasteiger partial charge in [0, 0.05) is 16.3 Å². The Labute approximate surface area is 114 Å². The van der Waals surface area contributed by atoms with E-state index in [-0.39, 0.29) is 5.56 Å². The molecule has 0 fully saturated rings. The van der Waals surface area contributed by atoms with Gasteiger partial charge in [0.05, 0.1) is 5.56 Å². The van der Waals surface area contributed by atoms with Crippen molar-refractivity contribution in [3.63, 3.8) is 0 Å². The molecule has 0 bridgehead atoms. The normalized spacial score (nSPS) is 10.3. The number of hydrogen-bond donors (Lipinski definition) is 2. The standard InChI is InChI=1S/C13H12FNOS2/c14-12-4-3-9(17)8-11(12)13(16)15-6-5-10-2-1-7-18-10/h1-4,7-8,17H,5-6H2,(H,15,16). The van der Waals surface area contributed by atoms with Crippen LogP contribution in [0.25, 0.3) is 0 Å². The van der Waals surface area contributed by atoms with E-state index in [1.165, 1.54) is 23.1 Å². The first-order valence-corrected chi connectivity index (χ1v) is 6.78. The Kier molecular flexibility index (Phi) is 4.38. The minimum Gasteiger partial charge on any atom is -0.352 e. The lowest BCUT2D eigenvalue weighted by Crippen LogP contribution is -2.26. The van der Waals surface area contributed by atoms with Crippen molar-refractivity contribution in [2.24, 2.45) is 0 Å². The van der Waals surface area contributed by atoms with Crippen LogP contribution < -0.4 is 5.32 Å². The fraction of sp³-hybridized carbons (Fsp3) is 0.154. The van der Waals surface area contributed by atoms with Crippen LogP contribution in [0.1, 0.15) is 15.2 Å². The number of carbonyl (C=O) groups is 1. The molecule has 0 aliphatic rings. The fourth-order valence-electron chi connectivity index (χ4n) is 1.54. The monoisotopic (exact) mass is 281 g/mol. The smallest absolute Gasteiger partial charge is 0.254 e. The van der Waals surface area contributed by atoms with Crippen molar-refractivity contribution in [2.75, 3.05) is 6.54 Å². The summed E-state index contributed by atoms with van der Waals surface area (Å²) < 4.78 is 13.4. The molecule has 1 N–H and O–H groups in total. The summed E-state index contributed by atoms with van der Waals surface area (Å²) in [5.74, 6) is -0.929. The fourth-order valence-corrected chi connectivity index (χ4v) is 2.45. The predicted octanol–water partition coefficient (Wildman–Crippen LogP) is 3.15. The van der Waals surface area contributed by atoms with E-state index in [0.29, 0.717) is 11.4 Å². The first-order valence-electron chi connectivity index (χ1n) is 5.46. The summed E-state index contributed by atoms with van der Waals surface area (Å²) in [4.78, 5) is 13.5. The molecule has 2 nitrogen and oxygen atoms in total. The van der Waals surface area contributed by atoms with Gasteiger partial charge in [0.15, 0.2) is 0 Å². The Morgan fingerprint density at radius 3 is 2.94 bits per heavy atom. The molecule has 0 unspecified atom stereocenters. The summed E-state index contributed by atoms with van der Waals surface area (Å²) >= 11 is 5.73. The summed E-state index contributed by atoms with van der Waals surface area (Å²) in [6, 6.07) is 8.16. The van der Waals surface area contributed by atoms with Crippen molar-refractivity contribution in [3.05, 3.63) is 52.0 Å². The summed E-state index contributed by atoms with van der Waals surface area (Å²) in [5.41, 5.74) is 0.0358. The van der Waals surface area contributed by atoms with Crippen molar-refractivity contribution >= 4 is 29.9 Å². The molecule has 1 heterocycles. The van der Waals surface area contributed by atoms with E-state index in [9.17, 15) is 9.18 Å². The number of thiophene rings is 1. The molecular weight excluding hydrogens is 269 g/mol. The van der Waals surface area contributed by atoms with Crippen LogP contribution in [-0.2, 0) is 6.42 Å². The number of benzene rings is 1. The van der Waals surface area contributed by atoms with Crippen LogP contribution in [0.2, 0.25) is 0 Å². The van der Waals surface area contributed by atoms with E-state index in [4.69, 9.17) is 0 Å². The average Bonchev–Trinajstić information content (AvgIpc) is 2.85. The van der Waals surface area contributed by atoms with Gasteiger partial charge < -0.3 is 5.32 Å². The topological polar surface area (TPSA) is 29.1 Å². The number of halogens is 1. The zero-order chi connectivity index (χ0) is 13.0. The van der Waals surface area contributed by atoms with Crippen LogP contribution in [0.4, 0.5) is 4.39 Å². The highest BCUT2D eigenvalue weighted by atomic mass is 32.1. The average molecular weight is 281 g/mol. The van der Waals surface area contributed by atoms with E-state index >= 15 is 0 Å². The van der Waals surface area contributed by atoms with Gasteiger partial charge in [-0.15, -0.1) is 24.0 Å². The third kappa shape index (κ3) is 3.34. The van der Waals surface area contributed by atoms with E-state index in [2.05, 4.69) is 17.9 Å². The van der Waals surface area contributed by atoms with Gasteiger partial charge >= 0.3 is 0 Å². The molecule has 94 valence electrons. The first-order chi connectivity index (χ1) is 8.66. The molecule has 0 aliphatic heterocycles. The Balaban J connectivity index is 1.93. The lowest BCUT2D eigenvalue weighted by atomic mass is 10.2. The van der Waals surface area contributed by atoms with Crippen molar-refractivity contribution in [3.8, 4) is 0 Å². The number of carbonyl (C=O) groups excluding carboxylic acids is 1. The molecule has 1 aromatic carbocycles. The van der Waals surface area contributed by atoms with Crippen molar-refractivity contribution < 1.29 is 9.18 Å². The minimum atomic E-state index is -0.526. The summed E-state index contributed by atoms with van der Waals surface area (Å²) in [6.45, 7) is 0.496. The van der Waals surface area contributed by atoms with Gasteiger partial charge in [-0.2, -0.15) is 0 Å². The molecule has 0 atom stereocenters. The highest BCUT2D eigenvalue weighted by molar-refractivity contribution is 7.80. The second kappa shape index (κ2) is 6.02. The number of hydrogen-bond acceptors (Lipinski definition) is 3. The third-order valence-electron chi connectivity index (χ3n) is 2.43. The number of rotatable bonds is 4. The van der Waals surface area contributed by atoms with Crippen molar-refractivity contribution in [2.45, 2.75) is 11.3 Å². The van der Waals surface area contributed by atoms with Gasteiger partial charge in [-0.25, -0.2) is 4.39 Å². The number of nitrogens with one attached hydrogen (secondary N) is 1. The Morgan fingerprint density at radius 1 is 1.39 bits per heavy atom. The molecule has 0 spiro atoms. The van der Waals surface area contributed by atoms with Gasteiger partial charge in [0.2, 0.25) is 0 Å². The van der Waals surface area contributed by atoms with Crippen molar-refractivity contribution in [1.82, 2.24) is 5.32 Å². The lowest BCUT2D eigenvalue weighted by molar-refractivity contribution is 0.0950. The van der Waals surface area contributed by atoms with Crippen LogP contribution in [0.15, 0.2) is 40.6 Å². The number of thiol groups is 1.